The number of hydrazone groups is 1. The van der Waals surface area contributed by atoms with Crippen LogP contribution in [0.15, 0.2) is 29.9 Å². The molecule has 3 amide bonds. The Balaban J connectivity index is 1.72. The molecule has 0 bridgehead atoms. The minimum absolute atomic E-state index is 0.138. The highest BCUT2D eigenvalue weighted by Gasteiger charge is 2.46. The lowest BCUT2D eigenvalue weighted by atomic mass is 9.72. The number of carbonyl (C=O) groups is 3. The molecular weight excluding hydrogens is 436 g/mol. The Morgan fingerprint density at radius 3 is 2.65 bits per heavy atom. The van der Waals surface area contributed by atoms with Crippen LogP contribution in [0, 0.1) is 12.8 Å². The molecule has 34 heavy (non-hydrogen) atoms. The van der Waals surface area contributed by atoms with Crippen LogP contribution < -0.4 is 16.1 Å². The standard InChI is InChI=1S/C25H34N4O5/c1-6-33-17(4)19-7-8-20(15(2)13-19)21-25(34-24(32)29-28-21)11-9-18(10-12-25)14-16(3)27-23(31)22(30)26-5/h7-8,13,16,18H,4,6,9-12,14H2,1-3,5H3,(H,26,30)(H,27,31)(H,29,32)/t16-,18?,25?/m0/s1. The number of benzene rings is 1. The van der Waals surface area contributed by atoms with Crippen LogP contribution in [-0.4, -0.2) is 48.9 Å². The zero-order chi connectivity index (χ0) is 24.9. The first-order chi connectivity index (χ1) is 16.2. The molecule has 0 saturated heterocycles. The summed E-state index contributed by atoms with van der Waals surface area (Å²) in [6, 6.07) is 5.78. The van der Waals surface area contributed by atoms with Crippen molar-refractivity contribution in [2.45, 2.75) is 64.5 Å². The van der Waals surface area contributed by atoms with Crippen LogP contribution in [0.25, 0.3) is 5.76 Å². The van der Waals surface area contributed by atoms with Gasteiger partial charge in [-0.05, 0) is 70.4 Å². The van der Waals surface area contributed by atoms with E-state index in [-0.39, 0.29) is 6.04 Å². The number of hydrogen-bond acceptors (Lipinski definition) is 6. The predicted molar refractivity (Wildman–Crippen MR) is 129 cm³/mol. The first kappa shape index (κ1) is 25.3. The van der Waals surface area contributed by atoms with Crippen molar-refractivity contribution < 1.29 is 23.9 Å². The monoisotopic (exact) mass is 470 g/mol. The van der Waals surface area contributed by atoms with Crippen molar-refractivity contribution in [3.05, 3.63) is 41.5 Å². The van der Waals surface area contributed by atoms with Gasteiger partial charge in [0.2, 0.25) is 0 Å². The van der Waals surface area contributed by atoms with Crippen LogP contribution in [0.2, 0.25) is 0 Å². The van der Waals surface area contributed by atoms with Gasteiger partial charge in [0.1, 0.15) is 11.5 Å². The van der Waals surface area contributed by atoms with Crippen molar-refractivity contribution in [2.24, 2.45) is 11.0 Å². The van der Waals surface area contributed by atoms with E-state index in [1.165, 1.54) is 7.05 Å². The van der Waals surface area contributed by atoms with Gasteiger partial charge >= 0.3 is 17.9 Å². The van der Waals surface area contributed by atoms with Crippen molar-refractivity contribution in [3.8, 4) is 0 Å². The molecule has 9 nitrogen and oxygen atoms in total. The topological polar surface area (TPSA) is 118 Å². The van der Waals surface area contributed by atoms with Crippen molar-refractivity contribution in [3.63, 3.8) is 0 Å². The first-order valence-corrected chi connectivity index (χ1v) is 11.7. The fourth-order valence-corrected chi connectivity index (χ4v) is 4.80. The molecular formula is C25H34N4O5. The first-order valence-electron chi connectivity index (χ1n) is 11.7. The van der Waals surface area contributed by atoms with Gasteiger partial charge in [-0.1, -0.05) is 18.7 Å². The number of ether oxygens (including phenoxy) is 2. The maximum absolute atomic E-state index is 12.1. The molecule has 3 rings (SSSR count). The van der Waals surface area contributed by atoms with Gasteiger partial charge in [0, 0.05) is 24.2 Å². The Morgan fingerprint density at radius 1 is 1.32 bits per heavy atom. The minimum Gasteiger partial charge on any atom is -0.494 e. The molecule has 184 valence electrons. The molecule has 9 heteroatoms. The van der Waals surface area contributed by atoms with Crippen LogP contribution in [0.4, 0.5) is 4.79 Å². The maximum atomic E-state index is 12.1. The van der Waals surface area contributed by atoms with Crippen LogP contribution >= 0.6 is 0 Å². The fraction of sp³-hybridized carbons (Fsp3) is 0.520. The third-order valence-electron chi connectivity index (χ3n) is 6.51. The maximum Gasteiger partial charge on any atom is 0.428 e. The highest BCUT2D eigenvalue weighted by molar-refractivity contribution is 6.35. The van der Waals surface area contributed by atoms with Crippen LogP contribution in [-0.2, 0) is 19.1 Å². The van der Waals surface area contributed by atoms with Crippen LogP contribution in [0.3, 0.4) is 0 Å². The summed E-state index contributed by atoms with van der Waals surface area (Å²) in [5.74, 6) is -0.336. The lowest BCUT2D eigenvalue weighted by Crippen LogP contribution is -2.52. The number of nitrogens with one attached hydrogen (secondary N) is 3. The minimum atomic E-state index is -0.795. The molecule has 1 fully saturated rings. The number of nitrogens with zero attached hydrogens (tertiary/aromatic N) is 1. The smallest absolute Gasteiger partial charge is 0.428 e. The van der Waals surface area contributed by atoms with E-state index in [0.717, 1.165) is 41.7 Å². The summed E-state index contributed by atoms with van der Waals surface area (Å²) in [5.41, 5.74) is 5.19. The van der Waals surface area contributed by atoms with E-state index in [1.54, 1.807) is 0 Å². The van der Waals surface area contributed by atoms with Gasteiger partial charge in [-0.2, -0.15) is 5.10 Å². The van der Waals surface area contributed by atoms with Crippen molar-refractivity contribution in [1.29, 1.82) is 0 Å². The summed E-state index contributed by atoms with van der Waals surface area (Å²) in [6.07, 6.45) is 3.08. The van der Waals surface area contributed by atoms with Crippen LogP contribution in [0.1, 0.15) is 62.6 Å². The molecule has 2 aliphatic rings. The molecule has 1 aliphatic carbocycles. The summed E-state index contributed by atoms with van der Waals surface area (Å²) in [6.45, 7) is 10.3. The number of amides is 3. The van der Waals surface area contributed by atoms with E-state index in [4.69, 9.17) is 9.47 Å². The number of hydrogen-bond donors (Lipinski definition) is 3. The fourth-order valence-electron chi connectivity index (χ4n) is 4.80. The second-order valence-corrected chi connectivity index (χ2v) is 8.97. The van der Waals surface area contributed by atoms with Gasteiger partial charge in [-0.15, -0.1) is 0 Å². The number of rotatable bonds is 7. The lowest BCUT2D eigenvalue weighted by molar-refractivity contribution is -0.139. The molecule has 0 unspecified atom stereocenters. The highest BCUT2D eigenvalue weighted by atomic mass is 16.6. The molecule has 1 atom stereocenters. The van der Waals surface area contributed by atoms with E-state index in [9.17, 15) is 14.4 Å². The number of aryl methyl sites for hydroxylation is 1. The summed E-state index contributed by atoms with van der Waals surface area (Å²) in [7, 11) is 1.43. The summed E-state index contributed by atoms with van der Waals surface area (Å²) < 4.78 is 11.4. The van der Waals surface area contributed by atoms with Gasteiger partial charge in [0.05, 0.1) is 6.61 Å². The average Bonchev–Trinajstić information content (AvgIpc) is 2.80. The zero-order valence-corrected chi connectivity index (χ0v) is 20.3. The van der Waals surface area contributed by atoms with Crippen molar-refractivity contribution >= 4 is 29.4 Å². The van der Waals surface area contributed by atoms with Gasteiger partial charge < -0.3 is 20.1 Å². The molecule has 1 heterocycles. The molecule has 3 N–H and O–H groups in total. The van der Waals surface area contributed by atoms with Gasteiger partial charge in [-0.25, -0.2) is 10.2 Å². The molecule has 1 aromatic rings. The van der Waals surface area contributed by atoms with Gasteiger partial charge in [0.25, 0.3) is 0 Å². The largest absolute Gasteiger partial charge is 0.494 e. The predicted octanol–water partition coefficient (Wildman–Crippen LogP) is 3.02. The number of carbonyl (C=O) groups excluding carboxylic acids is 3. The molecule has 1 saturated carbocycles. The summed E-state index contributed by atoms with van der Waals surface area (Å²) >= 11 is 0. The van der Waals surface area contributed by atoms with E-state index >= 15 is 0 Å². The zero-order valence-electron chi connectivity index (χ0n) is 20.3. The van der Waals surface area contributed by atoms with Crippen molar-refractivity contribution in [1.82, 2.24) is 16.1 Å². The van der Waals surface area contributed by atoms with Crippen LogP contribution in [0.5, 0.6) is 0 Å². The van der Waals surface area contributed by atoms with E-state index in [0.29, 0.717) is 31.1 Å². The van der Waals surface area contributed by atoms with Gasteiger partial charge in [-0.3, -0.25) is 9.59 Å². The normalized spacial score (nSPS) is 22.6. The number of likely N-dealkylation sites (N-methyl/N-ethyl adjacent to an activating group) is 1. The second kappa shape index (κ2) is 10.7. The third kappa shape index (κ3) is 5.58. The third-order valence-corrected chi connectivity index (χ3v) is 6.51. The highest BCUT2D eigenvalue weighted by Crippen LogP contribution is 2.41. The Labute approximate surface area is 200 Å². The molecule has 1 aromatic carbocycles. The average molecular weight is 471 g/mol. The summed E-state index contributed by atoms with van der Waals surface area (Å²) in [5, 5.41) is 9.48. The Morgan fingerprint density at radius 2 is 2.03 bits per heavy atom. The van der Waals surface area contributed by atoms with E-state index in [2.05, 4.69) is 27.7 Å². The summed E-state index contributed by atoms with van der Waals surface area (Å²) in [4.78, 5) is 35.4. The molecule has 0 radical (unpaired) electrons. The SMILES string of the molecule is C=C(OCC)c1ccc(C2=NNC(=O)OC23CCC(C[C@H](C)NC(=O)C(=O)NC)CC3)c(C)c1. The van der Waals surface area contributed by atoms with E-state index in [1.807, 2.05) is 39.0 Å². The molecule has 1 spiro atoms. The Kier molecular flexibility index (Phi) is 7.96. The molecule has 1 aliphatic heterocycles. The van der Waals surface area contributed by atoms with Crippen molar-refractivity contribution in [2.75, 3.05) is 13.7 Å². The molecule has 0 aromatic heterocycles. The Bertz CT molecular complexity index is 995. The van der Waals surface area contributed by atoms with Gasteiger partial charge in [0.15, 0.2) is 5.60 Å². The second-order valence-electron chi connectivity index (χ2n) is 8.97. The lowest BCUT2D eigenvalue weighted by Gasteiger charge is -2.42. The van der Waals surface area contributed by atoms with E-state index < -0.39 is 23.5 Å². The quantitative estimate of drug-likeness (QED) is 0.418. The Hall–Kier alpha value is -3.36.